The average molecular weight is 717 g/mol. The first-order valence-electron chi connectivity index (χ1n) is 21.1. The lowest BCUT2D eigenvalue weighted by Crippen LogP contribution is -2.59. The molecule has 1 saturated heterocycles. The van der Waals surface area contributed by atoms with E-state index in [1.165, 1.54) is 128 Å². The zero-order valence-corrected chi connectivity index (χ0v) is 32.4. The average Bonchev–Trinajstić information content (AvgIpc) is 3.11. The van der Waals surface area contributed by atoms with Crippen LogP contribution in [0.5, 0.6) is 0 Å². The first-order chi connectivity index (χ1) is 24.4. The van der Waals surface area contributed by atoms with Crippen molar-refractivity contribution < 1.29 is 44.2 Å². The molecule has 0 amide bonds. The van der Waals surface area contributed by atoms with Crippen LogP contribution in [0.3, 0.4) is 0 Å². The van der Waals surface area contributed by atoms with Crippen LogP contribution in [0.15, 0.2) is 0 Å². The Morgan fingerprint density at radius 2 is 0.980 bits per heavy atom. The fourth-order valence-electron chi connectivity index (χ4n) is 6.67. The minimum atomic E-state index is -1.53. The fraction of sp³-hybridized carbons (Fsp3) is 0.976. The highest BCUT2D eigenvalue weighted by molar-refractivity contribution is 5.69. The molecule has 4 N–H and O–H groups in total. The summed E-state index contributed by atoms with van der Waals surface area (Å²) >= 11 is 0. The zero-order chi connectivity index (χ0) is 36.5. The third kappa shape index (κ3) is 25.2. The van der Waals surface area contributed by atoms with Crippen molar-refractivity contribution in [3.8, 4) is 0 Å². The third-order valence-electron chi connectivity index (χ3n) is 10.0. The van der Waals surface area contributed by atoms with E-state index in [0.29, 0.717) is 13.0 Å². The molecule has 0 aliphatic carbocycles. The van der Waals surface area contributed by atoms with Gasteiger partial charge in [0.25, 0.3) is 0 Å². The Morgan fingerprint density at radius 1 is 0.560 bits per heavy atom. The van der Waals surface area contributed by atoms with Gasteiger partial charge in [0.05, 0.1) is 19.8 Å². The van der Waals surface area contributed by atoms with Gasteiger partial charge < -0.3 is 39.4 Å². The van der Waals surface area contributed by atoms with Gasteiger partial charge in [-0.1, -0.05) is 174 Å². The van der Waals surface area contributed by atoms with Crippen LogP contribution in [0.1, 0.15) is 194 Å². The minimum Gasteiger partial charge on any atom is -0.457 e. The Bertz CT molecular complexity index is 737. The van der Waals surface area contributed by atoms with Gasteiger partial charge in [0.15, 0.2) is 6.29 Å². The number of hydrogen-bond acceptors (Lipinski definition) is 9. The van der Waals surface area contributed by atoms with Gasteiger partial charge in [0, 0.05) is 13.0 Å². The number of unbranched alkanes of at least 4 members (excludes halogenated alkanes) is 25. The molecule has 0 aromatic heterocycles. The van der Waals surface area contributed by atoms with E-state index < -0.39 is 43.4 Å². The van der Waals surface area contributed by atoms with Gasteiger partial charge in [-0.25, -0.2) is 0 Å². The first-order valence-corrected chi connectivity index (χ1v) is 21.1. The van der Waals surface area contributed by atoms with Crippen molar-refractivity contribution in [1.82, 2.24) is 0 Å². The Hall–Kier alpha value is -0.810. The number of aliphatic hydroxyl groups is 4. The Morgan fingerprint density at radius 3 is 1.42 bits per heavy atom. The summed E-state index contributed by atoms with van der Waals surface area (Å²) in [7, 11) is 0. The molecular weight excluding hydrogens is 636 g/mol. The predicted molar refractivity (Wildman–Crippen MR) is 201 cm³/mol. The van der Waals surface area contributed by atoms with Crippen molar-refractivity contribution in [3.63, 3.8) is 0 Å². The largest absolute Gasteiger partial charge is 0.457 e. The van der Waals surface area contributed by atoms with Crippen LogP contribution >= 0.6 is 0 Å². The second kappa shape index (κ2) is 34.0. The molecule has 1 heterocycles. The van der Waals surface area contributed by atoms with Gasteiger partial charge >= 0.3 is 5.97 Å². The molecule has 0 saturated carbocycles. The summed E-state index contributed by atoms with van der Waals surface area (Å²) in [6, 6.07) is 0. The van der Waals surface area contributed by atoms with E-state index in [0.717, 1.165) is 44.9 Å². The molecule has 298 valence electrons. The van der Waals surface area contributed by atoms with Gasteiger partial charge in [-0.3, -0.25) is 4.79 Å². The molecule has 1 aliphatic heterocycles. The first kappa shape index (κ1) is 47.2. The summed E-state index contributed by atoms with van der Waals surface area (Å²) in [4.78, 5) is 12.5. The molecule has 1 rings (SSSR count). The number of carbonyl (C=O) groups excluding carboxylic acids is 1. The molecule has 6 atom stereocenters. The maximum absolute atomic E-state index is 12.5. The van der Waals surface area contributed by atoms with Crippen molar-refractivity contribution in [2.24, 2.45) is 0 Å². The summed E-state index contributed by atoms with van der Waals surface area (Å²) < 4.78 is 22.6. The summed E-state index contributed by atoms with van der Waals surface area (Å²) in [6.45, 7) is 4.50. The molecule has 9 nitrogen and oxygen atoms in total. The smallest absolute Gasteiger partial charge is 0.306 e. The Kier molecular flexibility index (Phi) is 32.1. The van der Waals surface area contributed by atoms with Crippen LogP contribution in [-0.2, 0) is 23.7 Å². The van der Waals surface area contributed by atoms with Crippen LogP contribution in [0.4, 0.5) is 0 Å². The molecule has 9 heteroatoms. The van der Waals surface area contributed by atoms with E-state index in [2.05, 4.69) is 13.8 Å². The molecule has 0 radical (unpaired) electrons. The SMILES string of the molecule is CCCCCCCCCCCCCCCCCCCCCCCCOCC(COC1OC(CO)C(O)C(O)C1O)OC(=O)CCCCCCC. The molecule has 0 bridgehead atoms. The summed E-state index contributed by atoms with van der Waals surface area (Å²) in [5, 5.41) is 39.8. The monoisotopic (exact) mass is 717 g/mol. The van der Waals surface area contributed by atoms with Crippen molar-refractivity contribution in [2.45, 2.75) is 230 Å². The van der Waals surface area contributed by atoms with E-state index in [1.54, 1.807) is 0 Å². The molecule has 0 aromatic rings. The molecule has 0 aromatic carbocycles. The normalized spacial score (nSPS) is 21.4. The number of ether oxygens (including phenoxy) is 4. The van der Waals surface area contributed by atoms with Gasteiger partial charge in [-0.15, -0.1) is 0 Å². The number of aliphatic hydroxyl groups excluding tert-OH is 4. The highest BCUT2D eigenvalue weighted by Crippen LogP contribution is 2.22. The maximum atomic E-state index is 12.5. The summed E-state index contributed by atoms with van der Waals surface area (Å²) in [5.74, 6) is -0.322. The Balaban J connectivity index is 2.10. The molecular formula is C41H80O9. The number of carbonyl (C=O) groups is 1. The molecule has 6 unspecified atom stereocenters. The Labute approximate surface area is 306 Å². The second-order valence-electron chi connectivity index (χ2n) is 14.8. The van der Waals surface area contributed by atoms with E-state index in [1.807, 2.05) is 0 Å². The topological polar surface area (TPSA) is 135 Å². The van der Waals surface area contributed by atoms with Crippen molar-refractivity contribution >= 4 is 5.97 Å². The number of esters is 1. The molecule has 0 spiro atoms. The quantitative estimate of drug-likeness (QED) is 0.0371. The van der Waals surface area contributed by atoms with Crippen molar-refractivity contribution in [2.75, 3.05) is 26.4 Å². The highest BCUT2D eigenvalue weighted by atomic mass is 16.7. The fourth-order valence-corrected chi connectivity index (χ4v) is 6.67. The number of hydrogen-bond donors (Lipinski definition) is 4. The highest BCUT2D eigenvalue weighted by Gasteiger charge is 2.44. The van der Waals surface area contributed by atoms with Crippen molar-refractivity contribution in [3.05, 3.63) is 0 Å². The molecule has 1 aliphatic rings. The summed E-state index contributed by atoms with van der Waals surface area (Å²) in [6.07, 6.45) is 27.6. The minimum absolute atomic E-state index is 0.108. The lowest BCUT2D eigenvalue weighted by molar-refractivity contribution is -0.305. The van der Waals surface area contributed by atoms with Crippen molar-refractivity contribution in [1.29, 1.82) is 0 Å². The van der Waals surface area contributed by atoms with E-state index in [4.69, 9.17) is 18.9 Å². The van der Waals surface area contributed by atoms with Gasteiger partial charge in [-0.2, -0.15) is 0 Å². The number of rotatable bonds is 36. The maximum Gasteiger partial charge on any atom is 0.306 e. The van der Waals surface area contributed by atoms with Crippen LogP contribution in [0.25, 0.3) is 0 Å². The predicted octanol–water partition coefficient (Wildman–Crippen LogP) is 8.69. The summed E-state index contributed by atoms with van der Waals surface area (Å²) in [5.41, 5.74) is 0. The zero-order valence-electron chi connectivity index (χ0n) is 32.4. The standard InChI is InChI=1S/C41H80O9/c1-3-5-7-9-10-11-12-13-14-15-16-17-18-19-20-21-22-23-24-25-27-29-31-47-33-35(49-37(43)30-28-26-8-6-4-2)34-48-41-40(46)39(45)38(44)36(32-42)50-41/h35-36,38-42,44-46H,3-34H2,1-2H3. The van der Waals surface area contributed by atoms with Crippen LogP contribution in [-0.4, -0.2) is 89.6 Å². The van der Waals surface area contributed by atoms with E-state index in [9.17, 15) is 25.2 Å². The molecule has 1 fully saturated rings. The van der Waals surface area contributed by atoms with E-state index >= 15 is 0 Å². The molecule has 50 heavy (non-hydrogen) atoms. The van der Waals surface area contributed by atoms with E-state index in [-0.39, 0.29) is 19.2 Å². The van der Waals surface area contributed by atoms with Gasteiger partial charge in [0.2, 0.25) is 0 Å². The van der Waals surface area contributed by atoms with Crippen LogP contribution in [0.2, 0.25) is 0 Å². The van der Waals surface area contributed by atoms with Gasteiger partial charge in [-0.05, 0) is 12.8 Å². The lowest BCUT2D eigenvalue weighted by Gasteiger charge is -2.39. The van der Waals surface area contributed by atoms with Gasteiger partial charge in [0.1, 0.15) is 30.5 Å². The lowest BCUT2D eigenvalue weighted by atomic mass is 9.99. The third-order valence-corrected chi connectivity index (χ3v) is 10.0. The van der Waals surface area contributed by atoms with Crippen LogP contribution < -0.4 is 0 Å². The second-order valence-corrected chi connectivity index (χ2v) is 14.8. The van der Waals surface area contributed by atoms with Crippen LogP contribution in [0, 0.1) is 0 Å².